The number of carboxylic acids is 1. The highest BCUT2D eigenvalue weighted by molar-refractivity contribution is 9.10. The molecule has 0 aromatic heterocycles. The van der Waals surface area contributed by atoms with Gasteiger partial charge in [-0.2, -0.15) is 0 Å². The molecule has 3 nitrogen and oxygen atoms in total. The fourth-order valence-corrected chi connectivity index (χ4v) is 1.04. The third kappa shape index (κ3) is 3.18. The van der Waals surface area contributed by atoms with Gasteiger partial charge < -0.3 is 10.4 Å². The van der Waals surface area contributed by atoms with Crippen LogP contribution in [0, 0.1) is 5.82 Å². The van der Waals surface area contributed by atoms with Crippen molar-refractivity contribution in [2.24, 2.45) is 0 Å². The largest absolute Gasteiger partial charge is 0.478 e. The molecule has 0 unspecified atom stereocenters. The van der Waals surface area contributed by atoms with E-state index in [1.54, 1.807) is 6.07 Å². The molecule has 5 heteroatoms. The van der Waals surface area contributed by atoms with Crippen LogP contribution in [0.25, 0.3) is 0 Å². The lowest BCUT2D eigenvalue weighted by molar-refractivity contribution is -0.131. The summed E-state index contributed by atoms with van der Waals surface area (Å²) in [5.74, 6) is -1.46. The Bertz CT molecular complexity index is 379. The fourth-order valence-electron chi connectivity index (χ4n) is 0.795. The molecule has 0 fully saturated rings. The molecule has 0 saturated carbocycles. The van der Waals surface area contributed by atoms with Crippen LogP contribution in [0.2, 0.25) is 0 Å². The van der Waals surface area contributed by atoms with Crippen molar-refractivity contribution in [2.75, 3.05) is 5.32 Å². The summed E-state index contributed by atoms with van der Waals surface area (Å²) in [6, 6.07) is 4.42. The Kier molecular flexibility index (Phi) is 3.64. The maximum atomic E-state index is 12.9. The van der Waals surface area contributed by atoms with Gasteiger partial charge in [0.25, 0.3) is 0 Å². The standard InChI is InChI=1S/C9H7BrFNO2/c10-7-2-1-6(5-8(7)11)12-4-3-9(13)14/h1-5,12H,(H,13,14)/b4-3+. The highest BCUT2D eigenvalue weighted by atomic mass is 79.9. The number of rotatable bonds is 3. The minimum Gasteiger partial charge on any atom is -0.478 e. The Morgan fingerprint density at radius 1 is 1.57 bits per heavy atom. The molecule has 0 aliphatic rings. The number of halogens is 2. The average molecular weight is 260 g/mol. The molecule has 1 rings (SSSR count). The third-order valence-electron chi connectivity index (χ3n) is 1.40. The van der Waals surface area contributed by atoms with E-state index in [1.165, 1.54) is 18.3 Å². The molecular formula is C9H7BrFNO2. The first-order valence-corrected chi connectivity index (χ1v) is 4.50. The zero-order chi connectivity index (χ0) is 10.6. The number of hydrogen-bond acceptors (Lipinski definition) is 2. The molecule has 1 aromatic rings. The molecular weight excluding hydrogens is 253 g/mol. The summed E-state index contributed by atoms with van der Waals surface area (Å²) in [4.78, 5) is 10.1. The molecule has 0 bridgehead atoms. The first-order valence-electron chi connectivity index (χ1n) is 3.70. The van der Waals surface area contributed by atoms with Crippen molar-refractivity contribution < 1.29 is 14.3 Å². The Morgan fingerprint density at radius 3 is 2.86 bits per heavy atom. The van der Waals surface area contributed by atoms with Crippen molar-refractivity contribution in [3.05, 3.63) is 40.8 Å². The van der Waals surface area contributed by atoms with E-state index in [4.69, 9.17) is 5.11 Å². The van der Waals surface area contributed by atoms with E-state index in [9.17, 15) is 9.18 Å². The molecule has 74 valence electrons. The summed E-state index contributed by atoms with van der Waals surface area (Å²) in [5, 5.41) is 10.9. The van der Waals surface area contributed by atoms with Crippen LogP contribution in [0.15, 0.2) is 34.9 Å². The van der Waals surface area contributed by atoms with Crippen molar-refractivity contribution in [3.63, 3.8) is 0 Å². The van der Waals surface area contributed by atoms with Gasteiger partial charge in [0.05, 0.1) is 4.47 Å². The average Bonchev–Trinajstić information content (AvgIpc) is 2.10. The number of hydrogen-bond donors (Lipinski definition) is 2. The summed E-state index contributed by atoms with van der Waals surface area (Å²) in [6.45, 7) is 0. The second-order valence-corrected chi connectivity index (χ2v) is 3.30. The molecule has 0 atom stereocenters. The van der Waals surface area contributed by atoms with Crippen molar-refractivity contribution in [3.8, 4) is 0 Å². The van der Waals surface area contributed by atoms with Gasteiger partial charge in [-0.05, 0) is 34.1 Å². The lowest BCUT2D eigenvalue weighted by Gasteiger charge is -2.00. The molecule has 0 aliphatic carbocycles. The lowest BCUT2D eigenvalue weighted by atomic mass is 10.3. The molecule has 0 amide bonds. The van der Waals surface area contributed by atoms with Gasteiger partial charge in [0.2, 0.25) is 0 Å². The summed E-state index contributed by atoms with van der Waals surface area (Å²) in [6.07, 6.45) is 2.16. The van der Waals surface area contributed by atoms with Gasteiger partial charge >= 0.3 is 5.97 Å². The summed E-state index contributed by atoms with van der Waals surface area (Å²) in [5.41, 5.74) is 0.489. The maximum absolute atomic E-state index is 12.9. The Labute approximate surface area is 88.4 Å². The summed E-state index contributed by atoms with van der Waals surface area (Å²) >= 11 is 3.01. The van der Waals surface area contributed by atoms with Crippen LogP contribution in [0.5, 0.6) is 0 Å². The SMILES string of the molecule is O=C(O)/C=C/Nc1ccc(Br)c(F)c1. The van der Waals surface area contributed by atoms with E-state index in [0.717, 1.165) is 6.08 Å². The summed E-state index contributed by atoms with van der Waals surface area (Å²) in [7, 11) is 0. The van der Waals surface area contributed by atoms with Crippen LogP contribution >= 0.6 is 15.9 Å². The van der Waals surface area contributed by atoms with E-state index in [-0.39, 0.29) is 0 Å². The minimum atomic E-state index is -1.06. The van der Waals surface area contributed by atoms with Crippen molar-refractivity contribution in [1.29, 1.82) is 0 Å². The molecule has 14 heavy (non-hydrogen) atoms. The van der Waals surface area contributed by atoms with E-state index in [0.29, 0.717) is 10.2 Å². The van der Waals surface area contributed by atoms with E-state index >= 15 is 0 Å². The van der Waals surface area contributed by atoms with Gasteiger partial charge in [-0.15, -0.1) is 0 Å². The topological polar surface area (TPSA) is 49.3 Å². The molecule has 2 N–H and O–H groups in total. The van der Waals surface area contributed by atoms with E-state index < -0.39 is 11.8 Å². The molecule has 0 saturated heterocycles. The van der Waals surface area contributed by atoms with Crippen LogP contribution in [0.1, 0.15) is 0 Å². The number of carbonyl (C=O) groups is 1. The lowest BCUT2D eigenvalue weighted by Crippen LogP contribution is -1.92. The molecule has 0 heterocycles. The molecule has 0 aliphatic heterocycles. The van der Waals surface area contributed by atoms with Gasteiger partial charge in [-0.25, -0.2) is 9.18 Å². The predicted octanol–water partition coefficient (Wildman–Crippen LogP) is 2.60. The minimum absolute atomic E-state index is 0.366. The maximum Gasteiger partial charge on any atom is 0.329 e. The summed E-state index contributed by atoms with van der Waals surface area (Å²) < 4.78 is 13.3. The van der Waals surface area contributed by atoms with Gasteiger partial charge in [-0.3, -0.25) is 0 Å². The number of aliphatic carboxylic acids is 1. The third-order valence-corrected chi connectivity index (χ3v) is 2.04. The smallest absolute Gasteiger partial charge is 0.329 e. The van der Waals surface area contributed by atoms with Crippen molar-refractivity contribution in [2.45, 2.75) is 0 Å². The van der Waals surface area contributed by atoms with Gasteiger partial charge in [0.15, 0.2) is 0 Å². The second kappa shape index (κ2) is 4.76. The molecule has 0 spiro atoms. The first kappa shape index (κ1) is 10.7. The van der Waals surface area contributed by atoms with Crippen LogP contribution in [-0.4, -0.2) is 11.1 Å². The van der Waals surface area contributed by atoms with E-state index in [1.807, 2.05) is 0 Å². The number of nitrogens with one attached hydrogen (secondary N) is 1. The highest BCUT2D eigenvalue weighted by Gasteiger charge is 1.98. The van der Waals surface area contributed by atoms with Crippen LogP contribution < -0.4 is 5.32 Å². The predicted molar refractivity (Wildman–Crippen MR) is 54.5 cm³/mol. The van der Waals surface area contributed by atoms with Crippen molar-refractivity contribution >= 4 is 27.6 Å². The van der Waals surface area contributed by atoms with Gasteiger partial charge in [0.1, 0.15) is 5.82 Å². The van der Waals surface area contributed by atoms with Gasteiger partial charge in [0, 0.05) is 18.0 Å². The van der Waals surface area contributed by atoms with Gasteiger partial charge in [-0.1, -0.05) is 0 Å². The number of anilines is 1. The highest BCUT2D eigenvalue weighted by Crippen LogP contribution is 2.19. The Morgan fingerprint density at radius 2 is 2.29 bits per heavy atom. The second-order valence-electron chi connectivity index (χ2n) is 2.44. The monoisotopic (exact) mass is 259 g/mol. The first-order chi connectivity index (χ1) is 6.59. The Hall–Kier alpha value is -1.36. The fraction of sp³-hybridized carbons (Fsp3) is 0. The van der Waals surface area contributed by atoms with Crippen molar-refractivity contribution in [1.82, 2.24) is 0 Å². The van der Waals surface area contributed by atoms with Crippen LogP contribution in [0.4, 0.5) is 10.1 Å². The quantitative estimate of drug-likeness (QED) is 0.821. The Balaban J connectivity index is 2.69. The zero-order valence-corrected chi connectivity index (χ0v) is 8.58. The molecule has 0 radical (unpaired) electrons. The molecule has 1 aromatic carbocycles. The normalized spacial score (nSPS) is 10.4. The number of carboxylic acid groups (broad SMARTS) is 1. The zero-order valence-electron chi connectivity index (χ0n) is 7.00. The van der Waals surface area contributed by atoms with Crippen LogP contribution in [-0.2, 0) is 4.79 Å². The number of benzene rings is 1. The van der Waals surface area contributed by atoms with Crippen LogP contribution in [0.3, 0.4) is 0 Å². The van der Waals surface area contributed by atoms with E-state index in [2.05, 4.69) is 21.2 Å².